The average Bonchev–Trinajstić information content (AvgIpc) is 3.35. The Morgan fingerprint density at radius 3 is 2.34 bits per heavy atom. The van der Waals surface area contributed by atoms with Gasteiger partial charge in [0.15, 0.2) is 28.8 Å². The molecular formula is C29H27F4N5O3. The molecule has 3 heterocycles. The van der Waals surface area contributed by atoms with Gasteiger partial charge in [0.05, 0.1) is 18.7 Å². The van der Waals surface area contributed by atoms with Gasteiger partial charge in [-0.15, -0.1) is 0 Å². The highest BCUT2D eigenvalue weighted by Crippen LogP contribution is 2.34. The number of para-hydroxylation sites is 1. The lowest BCUT2D eigenvalue weighted by Crippen LogP contribution is -2.45. The van der Waals surface area contributed by atoms with Crippen molar-refractivity contribution >= 4 is 29.0 Å². The Balaban J connectivity index is 1.60. The van der Waals surface area contributed by atoms with Crippen LogP contribution in [0.2, 0.25) is 0 Å². The van der Waals surface area contributed by atoms with Gasteiger partial charge in [-0.2, -0.15) is 9.61 Å². The lowest BCUT2D eigenvalue weighted by molar-refractivity contribution is -0.139. The highest BCUT2D eigenvalue weighted by molar-refractivity contribution is 5.94. The summed E-state index contributed by atoms with van der Waals surface area (Å²) in [6.45, 7) is 3.73. The van der Waals surface area contributed by atoms with Gasteiger partial charge in [-0.05, 0) is 43.5 Å². The number of likely N-dealkylation sites (tertiary alicyclic amines) is 1. The van der Waals surface area contributed by atoms with Gasteiger partial charge in [0.1, 0.15) is 12.0 Å². The van der Waals surface area contributed by atoms with Crippen LogP contribution < -0.4 is 4.90 Å². The molecule has 1 saturated heterocycles. The van der Waals surface area contributed by atoms with Crippen molar-refractivity contribution in [3.05, 3.63) is 76.7 Å². The highest BCUT2D eigenvalue weighted by Gasteiger charge is 2.34. The monoisotopic (exact) mass is 569 g/mol. The lowest BCUT2D eigenvalue weighted by Gasteiger charge is -2.33. The van der Waals surface area contributed by atoms with E-state index in [2.05, 4.69) is 10.1 Å². The molecular weight excluding hydrogens is 542 g/mol. The number of carboxylic acid groups (broad SMARTS) is 1. The minimum atomic E-state index is -1.60. The van der Waals surface area contributed by atoms with Crippen molar-refractivity contribution in [1.82, 2.24) is 19.5 Å². The van der Waals surface area contributed by atoms with Crippen molar-refractivity contribution in [3.63, 3.8) is 0 Å². The molecule has 2 aromatic heterocycles. The molecule has 0 spiro atoms. The summed E-state index contributed by atoms with van der Waals surface area (Å²) in [7, 11) is 1.77. The molecule has 2 aromatic carbocycles. The summed E-state index contributed by atoms with van der Waals surface area (Å²) in [5.41, 5.74) is 2.91. The Bertz CT molecular complexity index is 1630. The smallest absolute Gasteiger partial charge is 0.303 e. The van der Waals surface area contributed by atoms with E-state index in [0.717, 1.165) is 28.9 Å². The third kappa shape index (κ3) is 5.33. The lowest BCUT2D eigenvalue weighted by atomic mass is 9.91. The summed E-state index contributed by atoms with van der Waals surface area (Å²) >= 11 is 0. The van der Waals surface area contributed by atoms with Crippen LogP contribution in [0.4, 0.5) is 29.1 Å². The van der Waals surface area contributed by atoms with Crippen molar-refractivity contribution in [2.75, 3.05) is 25.0 Å². The third-order valence-electron chi connectivity index (χ3n) is 7.43. The maximum atomic E-state index is 14.7. The summed E-state index contributed by atoms with van der Waals surface area (Å²) in [4.78, 5) is 31.9. The first kappa shape index (κ1) is 28.1. The summed E-state index contributed by atoms with van der Waals surface area (Å²) < 4.78 is 58.1. The molecule has 0 bridgehead atoms. The maximum Gasteiger partial charge on any atom is 0.303 e. The summed E-state index contributed by atoms with van der Waals surface area (Å²) in [6.07, 6.45) is -1.63. The summed E-state index contributed by atoms with van der Waals surface area (Å²) in [5, 5.41) is 13.5. The molecule has 1 aliphatic rings. The molecule has 1 aliphatic heterocycles. The van der Waals surface area contributed by atoms with E-state index >= 15 is 0 Å². The standard InChI is InChI=1S/C29H27F4N5O3/c1-15-5-4-6-16(2)28(15)36(3)25-13-22(18-9-19(30)27(33)20(31)10-18)34-24-12-23(35-38(24)25)29(41)37-8-7-17(11-26(39)40)21(32)14-37/h4-6,9-10,12-13,17,21H,7-8,11,14H2,1-3H3,(H,39,40). The second kappa shape index (κ2) is 10.8. The number of halogens is 4. The molecule has 0 radical (unpaired) electrons. The number of hydrogen-bond donors (Lipinski definition) is 1. The molecule has 4 aromatic rings. The SMILES string of the molecule is Cc1cccc(C)c1N(C)c1cc(-c2cc(F)c(F)c(F)c2)nc2cc(C(=O)N3CCC(CC(=O)O)C(F)C3)nn12. The van der Waals surface area contributed by atoms with Gasteiger partial charge in [-0.25, -0.2) is 22.5 Å². The quantitative estimate of drug-likeness (QED) is 0.245. The summed E-state index contributed by atoms with van der Waals surface area (Å²) in [6, 6.07) is 10.3. The second-order valence-corrected chi connectivity index (χ2v) is 10.3. The second-order valence-electron chi connectivity index (χ2n) is 10.3. The maximum absolute atomic E-state index is 14.7. The molecule has 5 rings (SSSR count). The minimum absolute atomic E-state index is 0.0186. The average molecular weight is 570 g/mol. The molecule has 1 N–H and O–H groups in total. The number of fused-ring (bicyclic) bond motifs is 1. The van der Waals surface area contributed by atoms with E-state index in [9.17, 15) is 27.2 Å². The molecule has 0 aliphatic carbocycles. The Hall–Kier alpha value is -4.48. The predicted octanol–water partition coefficient (Wildman–Crippen LogP) is 5.47. The van der Waals surface area contributed by atoms with Crippen LogP contribution in [0.15, 0.2) is 42.5 Å². The van der Waals surface area contributed by atoms with Gasteiger partial charge in [0, 0.05) is 42.9 Å². The molecule has 41 heavy (non-hydrogen) atoms. The van der Waals surface area contributed by atoms with Crippen LogP contribution >= 0.6 is 0 Å². The van der Waals surface area contributed by atoms with Crippen molar-refractivity contribution < 1.29 is 32.3 Å². The number of anilines is 2. The van der Waals surface area contributed by atoms with Crippen molar-refractivity contribution in [2.24, 2.45) is 5.92 Å². The molecule has 2 unspecified atom stereocenters. The predicted molar refractivity (Wildman–Crippen MR) is 143 cm³/mol. The Morgan fingerprint density at radius 2 is 1.73 bits per heavy atom. The Kier molecular flexibility index (Phi) is 7.41. The van der Waals surface area contributed by atoms with Gasteiger partial charge in [-0.3, -0.25) is 9.59 Å². The summed E-state index contributed by atoms with van der Waals surface area (Å²) in [5.74, 6) is -6.29. The Labute approximate surface area is 232 Å². The van der Waals surface area contributed by atoms with Gasteiger partial charge < -0.3 is 14.9 Å². The van der Waals surface area contributed by atoms with Crippen LogP contribution in [-0.4, -0.2) is 62.8 Å². The van der Waals surface area contributed by atoms with Crippen molar-refractivity contribution in [1.29, 1.82) is 0 Å². The zero-order valence-electron chi connectivity index (χ0n) is 22.5. The van der Waals surface area contributed by atoms with Crippen molar-refractivity contribution in [2.45, 2.75) is 32.9 Å². The number of carbonyl (C=O) groups is 2. The number of rotatable bonds is 6. The van der Waals surface area contributed by atoms with Crippen molar-refractivity contribution in [3.8, 4) is 11.3 Å². The number of piperidine rings is 1. The van der Waals surface area contributed by atoms with Crippen LogP contribution in [-0.2, 0) is 4.79 Å². The number of hydrogen-bond acceptors (Lipinski definition) is 5. The van der Waals surface area contributed by atoms with Crippen LogP contribution in [0.1, 0.15) is 34.5 Å². The van der Waals surface area contributed by atoms with Gasteiger partial charge in [0.25, 0.3) is 5.91 Å². The number of alkyl halides is 1. The zero-order chi connectivity index (χ0) is 29.6. The topological polar surface area (TPSA) is 91.0 Å². The fraction of sp³-hybridized carbons (Fsp3) is 0.310. The molecule has 12 heteroatoms. The van der Waals surface area contributed by atoms with E-state index < -0.39 is 41.4 Å². The number of amides is 1. The molecule has 1 fully saturated rings. The first-order valence-electron chi connectivity index (χ1n) is 13.0. The molecule has 214 valence electrons. The fourth-order valence-electron chi connectivity index (χ4n) is 5.36. The molecule has 0 saturated carbocycles. The number of carboxylic acids is 1. The van der Waals surface area contributed by atoms with E-state index in [4.69, 9.17) is 5.11 Å². The van der Waals surface area contributed by atoms with Gasteiger partial charge in [-0.1, -0.05) is 18.2 Å². The number of aliphatic carboxylic acids is 1. The highest BCUT2D eigenvalue weighted by atomic mass is 19.2. The normalized spacial score (nSPS) is 17.2. The van der Waals surface area contributed by atoms with Crippen LogP contribution in [0.25, 0.3) is 16.9 Å². The zero-order valence-corrected chi connectivity index (χ0v) is 22.5. The number of carbonyl (C=O) groups excluding carboxylic acids is 1. The Morgan fingerprint density at radius 1 is 1.07 bits per heavy atom. The van der Waals surface area contributed by atoms with E-state index in [1.807, 2.05) is 32.0 Å². The number of nitrogens with zero attached hydrogens (tertiary/aromatic N) is 5. The van der Waals surface area contributed by atoms with Crippen LogP contribution in [0.3, 0.4) is 0 Å². The first-order chi connectivity index (χ1) is 19.4. The van der Waals surface area contributed by atoms with E-state index in [1.165, 1.54) is 21.5 Å². The van der Waals surface area contributed by atoms with E-state index in [0.29, 0.717) is 5.82 Å². The van der Waals surface area contributed by atoms with Crippen LogP contribution in [0, 0.1) is 37.2 Å². The molecule has 1 amide bonds. The van der Waals surface area contributed by atoms with Gasteiger partial charge >= 0.3 is 5.97 Å². The minimum Gasteiger partial charge on any atom is -0.481 e. The number of aryl methyl sites for hydroxylation is 2. The third-order valence-corrected chi connectivity index (χ3v) is 7.43. The number of aromatic nitrogens is 3. The van der Waals surface area contributed by atoms with E-state index in [1.54, 1.807) is 11.9 Å². The van der Waals surface area contributed by atoms with E-state index in [-0.39, 0.29) is 48.5 Å². The number of benzene rings is 2. The molecule has 8 nitrogen and oxygen atoms in total. The van der Waals surface area contributed by atoms with Gasteiger partial charge in [0.2, 0.25) is 0 Å². The first-order valence-corrected chi connectivity index (χ1v) is 13.0. The largest absolute Gasteiger partial charge is 0.481 e. The molecule has 2 atom stereocenters. The fourth-order valence-corrected chi connectivity index (χ4v) is 5.36. The van der Waals surface area contributed by atoms with Crippen LogP contribution in [0.5, 0.6) is 0 Å².